The van der Waals surface area contributed by atoms with Gasteiger partial charge in [0.25, 0.3) is 0 Å². The predicted octanol–water partition coefficient (Wildman–Crippen LogP) is 13.2. The van der Waals surface area contributed by atoms with Gasteiger partial charge < -0.3 is 59.5 Å². The maximum Gasteiger partial charge on any atom is 2.00 e. The molecule has 0 N–H and O–H groups in total. The molecule has 0 spiro atoms. The average Bonchev–Trinajstić information content (AvgIpc) is 3.01. The second-order valence-electron chi connectivity index (χ2n) is 13.0. The fraction of sp³-hybridized carbons (Fsp3) is 0.947. The van der Waals surface area contributed by atoms with Crippen LogP contribution in [0.3, 0.4) is 0 Å². The van der Waals surface area contributed by atoms with Gasteiger partial charge in [0, 0.05) is 26.2 Å². The van der Waals surface area contributed by atoms with Crippen LogP contribution in [0.2, 0.25) is 0 Å². The Morgan fingerprint density at radius 1 is 0.333 bits per heavy atom. The molecule has 0 aliphatic rings. The molecule has 0 bridgehead atoms. The molecule has 0 heterocycles. The van der Waals surface area contributed by atoms with Crippen molar-refractivity contribution in [2.24, 2.45) is 0 Å². The summed E-state index contributed by atoms with van der Waals surface area (Å²) in [6.07, 6.45) is 37.8. The van der Waals surface area contributed by atoms with Crippen molar-refractivity contribution < 1.29 is 17.1 Å². The van der Waals surface area contributed by atoms with Crippen LogP contribution in [0.25, 0.3) is 0 Å². The van der Waals surface area contributed by atoms with Gasteiger partial charge in [-0.25, -0.2) is 0 Å². The van der Waals surface area contributed by atoms with E-state index in [1.807, 2.05) is 0 Å². The van der Waals surface area contributed by atoms with Crippen LogP contribution >= 0.6 is 24.4 Å². The van der Waals surface area contributed by atoms with Crippen LogP contribution in [0.4, 0.5) is 0 Å². The van der Waals surface area contributed by atoms with Crippen molar-refractivity contribution in [1.29, 1.82) is 0 Å². The third kappa shape index (κ3) is 40.8. The molecule has 2 nitrogen and oxygen atoms in total. The summed E-state index contributed by atoms with van der Waals surface area (Å²) in [7, 11) is 0. The number of unbranched alkanes of at least 4 members (excludes halogenated alkanes) is 24. The Balaban J connectivity index is -0.000000767. The molecule has 0 aromatic rings. The van der Waals surface area contributed by atoms with Crippen molar-refractivity contribution in [2.45, 2.75) is 207 Å². The van der Waals surface area contributed by atoms with Gasteiger partial charge in [0.05, 0.1) is 0 Å². The van der Waals surface area contributed by atoms with E-state index < -0.39 is 0 Å². The van der Waals surface area contributed by atoms with Crippen molar-refractivity contribution in [3.8, 4) is 0 Å². The number of rotatable bonds is 32. The molecule has 0 aromatic carbocycles. The normalized spacial score (nSPS) is 10.6. The zero-order chi connectivity index (χ0) is 32.9. The van der Waals surface area contributed by atoms with E-state index in [2.05, 4.69) is 37.5 Å². The van der Waals surface area contributed by atoms with Crippen LogP contribution in [0.5, 0.6) is 0 Å². The van der Waals surface area contributed by atoms with Crippen LogP contribution in [-0.2, 0) is 42.3 Å². The van der Waals surface area contributed by atoms with Crippen molar-refractivity contribution in [1.82, 2.24) is 9.80 Å². The van der Waals surface area contributed by atoms with Gasteiger partial charge in [-0.2, -0.15) is 0 Å². The monoisotopic (exact) mass is 744 g/mol. The number of nitrogens with zero attached hydrogens (tertiary/aromatic N) is 2. The van der Waals surface area contributed by atoms with E-state index in [1.165, 1.54) is 180 Å². The molecule has 7 heteroatoms. The van der Waals surface area contributed by atoms with Crippen LogP contribution in [0.15, 0.2) is 0 Å². The summed E-state index contributed by atoms with van der Waals surface area (Å²) < 4.78 is 1.36. The third-order valence-electron chi connectivity index (χ3n) is 8.64. The average molecular weight is 745 g/mol. The molecule has 45 heavy (non-hydrogen) atoms. The standard InChI is InChI=1S/2C19H39NS2.Fe/c2*1-3-5-7-9-11-13-15-17-20(19(21)22)18-16-14-12-10-8-6-4-2;/h2*3-18H2,1-2H3,(H,21,22);/q;;+2/p-2. The summed E-state index contributed by atoms with van der Waals surface area (Å²) in [5.74, 6) is 0. The van der Waals surface area contributed by atoms with Crippen LogP contribution in [0, 0.1) is 0 Å². The van der Waals surface area contributed by atoms with E-state index in [0.717, 1.165) is 26.2 Å². The maximum absolute atomic E-state index is 5.23. The topological polar surface area (TPSA) is 6.48 Å². The van der Waals surface area contributed by atoms with Crippen molar-refractivity contribution in [3.63, 3.8) is 0 Å². The second-order valence-corrected chi connectivity index (χ2v) is 15.1. The van der Waals surface area contributed by atoms with Gasteiger partial charge in [0.1, 0.15) is 0 Å². The minimum Gasteiger partial charge on any atom is -0.411 e. The third-order valence-corrected chi connectivity index (χ3v) is 9.68. The minimum atomic E-state index is 0. The van der Waals surface area contributed by atoms with E-state index in [0.29, 0.717) is 8.64 Å². The predicted molar refractivity (Wildman–Crippen MR) is 215 cm³/mol. The van der Waals surface area contributed by atoms with Gasteiger partial charge in [0.2, 0.25) is 0 Å². The molecule has 0 atom stereocenters. The van der Waals surface area contributed by atoms with E-state index >= 15 is 0 Å². The first-order valence-electron chi connectivity index (χ1n) is 19.4. The Kier molecular flexibility index (Phi) is 47.6. The summed E-state index contributed by atoms with van der Waals surface area (Å²) in [5.41, 5.74) is 0. The SMILES string of the molecule is CCCCCCCCCN(CCCCCCCCC)C(=S)[S-].CCCCCCCCCN(CCCCCCCCC)C(=S)[S-].[Fe+2]. The maximum atomic E-state index is 5.23. The largest absolute Gasteiger partial charge is 2.00 e. The fourth-order valence-corrected chi connectivity index (χ4v) is 6.36. The number of hydrogen-bond donors (Lipinski definition) is 0. The van der Waals surface area contributed by atoms with Crippen LogP contribution < -0.4 is 0 Å². The summed E-state index contributed by atoms with van der Waals surface area (Å²) in [6, 6.07) is 0. The molecule has 0 aliphatic heterocycles. The molecular weight excluding hydrogens is 669 g/mol. The summed E-state index contributed by atoms with van der Waals surface area (Å²) in [6.45, 7) is 13.4. The molecule has 0 saturated carbocycles. The number of hydrogen-bond acceptors (Lipinski definition) is 4. The number of thiocarbonyl (C=S) groups is 2. The van der Waals surface area contributed by atoms with Gasteiger partial charge >= 0.3 is 17.1 Å². The minimum absolute atomic E-state index is 0. The molecule has 0 fully saturated rings. The Bertz CT molecular complexity index is 508. The molecular formula is C38H76FeN2S4. The second kappa shape index (κ2) is 42.8. The van der Waals surface area contributed by atoms with Gasteiger partial charge in [-0.3, -0.25) is 0 Å². The van der Waals surface area contributed by atoms with Crippen molar-refractivity contribution in [2.75, 3.05) is 26.2 Å². The molecule has 270 valence electrons. The van der Waals surface area contributed by atoms with E-state index in [4.69, 9.17) is 49.7 Å². The first-order valence-corrected chi connectivity index (χ1v) is 21.0. The molecule has 0 aromatic heterocycles. The molecule has 0 unspecified atom stereocenters. The molecule has 0 rings (SSSR count). The first-order chi connectivity index (χ1) is 21.4. The Morgan fingerprint density at radius 2 is 0.489 bits per heavy atom. The van der Waals surface area contributed by atoms with Crippen molar-refractivity contribution >= 4 is 58.3 Å². The van der Waals surface area contributed by atoms with Gasteiger partial charge in [-0.1, -0.05) is 190 Å². The van der Waals surface area contributed by atoms with E-state index in [9.17, 15) is 0 Å². The van der Waals surface area contributed by atoms with E-state index in [-0.39, 0.29) is 17.1 Å². The summed E-state index contributed by atoms with van der Waals surface area (Å²) >= 11 is 20.9. The van der Waals surface area contributed by atoms with Gasteiger partial charge in [-0.05, 0) is 25.7 Å². The van der Waals surface area contributed by atoms with Crippen molar-refractivity contribution in [3.05, 3.63) is 0 Å². The van der Waals surface area contributed by atoms with Gasteiger partial charge in [0.15, 0.2) is 0 Å². The molecule has 0 radical (unpaired) electrons. The summed E-state index contributed by atoms with van der Waals surface area (Å²) in [4.78, 5) is 4.51. The smallest absolute Gasteiger partial charge is 0.411 e. The molecule has 0 saturated heterocycles. The molecule has 0 aliphatic carbocycles. The Morgan fingerprint density at radius 3 is 0.644 bits per heavy atom. The van der Waals surface area contributed by atoms with E-state index in [1.54, 1.807) is 0 Å². The van der Waals surface area contributed by atoms with Crippen LogP contribution in [-0.4, -0.2) is 44.6 Å². The fourth-order valence-electron chi connectivity index (χ4n) is 5.63. The Labute approximate surface area is 316 Å². The Hall–Kier alpha value is 0.739. The zero-order valence-electron chi connectivity index (χ0n) is 30.5. The quantitative estimate of drug-likeness (QED) is 0.0291. The summed E-state index contributed by atoms with van der Waals surface area (Å²) in [5, 5.41) is 0. The van der Waals surface area contributed by atoms with Crippen LogP contribution in [0.1, 0.15) is 207 Å². The zero-order valence-corrected chi connectivity index (χ0v) is 34.9. The first kappa shape index (κ1) is 50.1. The molecule has 0 amide bonds. The van der Waals surface area contributed by atoms with Gasteiger partial charge in [-0.15, -0.1) is 0 Å².